The van der Waals surface area contributed by atoms with Gasteiger partial charge in [0.05, 0.1) is 6.61 Å². The van der Waals surface area contributed by atoms with E-state index in [1.807, 2.05) is 103 Å². The predicted octanol–water partition coefficient (Wildman–Crippen LogP) is 8.72. The lowest BCUT2D eigenvalue weighted by molar-refractivity contribution is -0.151. The molecular formula is C43H42N4O3. The van der Waals surface area contributed by atoms with Crippen molar-refractivity contribution in [3.63, 3.8) is 0 Å². The molecule has 50 heavy (non-hydrogen) atoms. The van der Waals surface area contributed by atoms with Crippen LogP contribution in [0.25, 0.3) is 22.5 Å². The molecule has 0 aliphatic heterocycles. The van der Waals surface area contributed by atoms with E-state index < -0.39 is 17.4 Å². The Morgan fingerprint density at radius 3 is 1.76 bits per heavy atom. The van der Waals surface area contributed by atoms with Crippen LogP contribution in [0.3, 0.4) is 0 Å². The smallest absolute Gasteiger partial charge is 0.316 e. The molecule has 7 heteroatoms. The Labute approximate surface area is 294 Å². The summed E-state index contributed by atoms with van der Waals surface area (Å²) in [5, 5.41) is 14.5. The van der Waals surface area contributed by atoms with E-state index in [9.17, 15) is 9.59 Å². The standard InChI is InChI=1S/C43H42N4O3/c1-3-5-9-26-40(48)39(42(49)50-4-2)31-32-27-29-33(30-28-32)37-24-16-17-25-38(37)41-44-46-47(45-41)43(34-18-10-6-11-19-34,35-20-12-7-13-21-35)36-22-14-8-15-23-36/h6-8,10-25,27-30,39H,3-5,9,26,31H2,1-2H3. The van der Waals surface area contributed by atoms with Crippen molar-refractivity contribution in [2.75, 3.05) is 6.61 Å². The van der Waals surface area contributed by atoms with Crippen LogP contribution >= 0.6 is 0 Å². The van der Waals surface area contributed by atoms with Gasteiger partial charge in [-0.2, -0.15) is 0 Å². The highest BCUT2D eigenvalue weighted by atomic mass is 16.5. The maximum atomic E-state index is 13.1. The molecule has 5 aromatic carbocycles. The molecule has 0 saturated heterocycles. The summed E-state index contributed by atoms with van der Waals surface area (Å²) in [6.07, 6.45) is 3.45. The molecule has 0 aliphatic carbocycles. The second-order valence-corrected chi connectivity index (χ2v) is 12.4. The van der Waals surface area contributed by atoms with E-state index in [1.54, 1.807) is 11.7 Å². The minimum Gasteiger partial charge on any atom is -0.465 e. The number of nitrogens with zero attached hydrogens (tertiary/aromatic N) is 4. The fourth-order valence-corrected chi connectivity index (χ4v) is 6.63. The quantitative estimate of drug-likeness (QED) is 0.0473. The van der Waals surface area contributed by atoms with Gasteiger partial charge in [0.1, 0.15) is 11.7 Å². The molecule has 6 aromatic rings. The van der Waals surface area contributed by atoms with E-state index in [0.717, 1.165) is 58.2 Å². The minimum absolute atomic E-state index is 0.0573. The van der Waals surface area contributed by atoms with Crippen molar-refractivity contribution in [2.24, 2.45) is 5.92 Å². The number of unbranched alkanes of at least 4 members (excludes halogenated alkanes) is 2. The first-order chi connectivity index (χ1) is 24.6. The van der Waals surface area contributed by atoms with E-state index in [4.69, 9.17) is 15.0 Å². The van der Waals surface area contributed by atoms with Crippen molar-refractivity contribution >= 4 is 11.8 Å². The molecule has 1 atom stereocenters. The maximum Gasteiger partial charge on any atom is 0.316 e. The van der Waals surface area contributed by atoms with Crippen molar-refractivity contribution < 1.29 is 14.3 Å². The second kappa shape index (κ2) is 16.1. The summed E-state index contributed by atoms with van der Waals surface area (Å²) < 4.78 is 5.29. The first kappa shape index (κ1) is 34.2. The number of carbonyl (C=O) groups is 2. The summed E-state index contributed by atoms with van der Waals surface area (Å²) in [5.41, 5.74) is 5.79. The predicted molar refractivity (Wildman–Crippen MR) is 196 cm³/mol. The number of Topliss-reactive ketones (excluding diaryl/α,β-unsaturated/α-hetero) is 1. The van der Waals surface area contributed by atoms with E-state index in [0.29, 0.717) is 18.7 Å². The zero-order chi connectivity index (χ0) is 34.8. The Hall–Kier alpha value is -5.69. The van der Waals surface area contributed by atoms with Gasteiger partial charge < -0.3 is 4.74 Å². The molecule has 1 aromatic heterocycles. The molecule has 0 bridgehead atoms. The average Bonchev–Trinajstić information content (AvgIpc) is 3.66. The number of carbonyl (C=O) groups excluding carboxylic acids is 2. The monoisotopic (exact) mass is 662 g/mol. The van der Waals surface area contributed by atoms with Crippen molar-refractivity contribution in [1.29, 1.82) is 0 Å². The van der Waals surface area contributed by atoms with E-state index in [-0.39, 0.29) is 12.4 Å². The topological polar surface area (TPSA) is 87.0 Å². The highest BCUT2D eigenvalue weighted by molar-refractivity contribution is 5.99. The maximum absolute atomic E-state index is 13.1. The fraction of sp³-hybridized carbons (Fsp3) is 0.233. The lowest BCUT2D eigenvalue weighted by atomic mass is 9.77. The Morgan fingerprint density at radius 1 is 0.680 bits per heavy atom. The lowest BCUT2D eigenvalue weighted by Gasteiger charge is -2.34. The number of ether oxygens (including phenoxy) is 1. The average molecular weight is 663 g/mol. The molecular weight excluding hydrogens is 620 g/mol. The van der Waals surface area contributed by atoms with Crippen LogP contribution in [0.4, 0.5) is 0 Å². The Bertz CT molecular complexity index is 1890. The minimum atomic E-state index is -0.880. The Morgan fingerprint density at radius 2 is 1.22 bits per heavy atom. The highest BCUT2D eigenvalue weighted by Crippen LogP contribution is 2.40. The number of hydrogen-bond acceptors (Lipinski definition) is 6. The summed E-state index contributed by atoms with van der Waals surface area (Å²) in [5.74, 6) is -0.812. The van der Waals surface area contributed by atoms with Gasteiger partial charge in [-0.1, -0.05) is 159 Å². The summed E-state index contributed by atoms with van der Waals surface area (Å²) in [4.78, 5) is 27.6. The summed E-state index contributed by atoms with van der Waals surface area (Å²) in [7, 11) is 0. The number of esters is 1. The first-order valence-electron chi connectivity index (χ1n) is 17.4. The van der Waals surface area contributed by atoms with E-state index in [1.165, 1.54) is 0 Å². The molecule has 0 N–H and O–H groups in total. The summed E-state index contributed by atoms with van der Waals surface area (Å²) >= 11 is 0. The van der Waals surface area contributed by atoms with Gasteiger partial charge in [-0.3, -0.25) is 9.59 Å². The second-order valence-electron chi connectivity index (χ2n) is 12.4. The van der Waals surface area contributed by atoms with Gasteiger partial charge in [0, 0.05) is 12.0 Å². The lowest BCUT2D eigenvalue weighted by Crippen LogP contribution is -2.39. The zero-order valence-corrected chi connectivity index (χ0v) is 28.6. The SMILES string of the molecule is CCCCCC(=O)C(Cc1ccc(-c2ccccc2-c2nnn(C(c3ccccc3)(c3ccccc3)c3ccccc3)n2)cc1)C(=O)OCC. The van der Waals surface area contributed by atoms with Gasteiger partial charge in [-0.15, -0.1) is 15.0 Å². The van der Waals surface area contributed by atoms with Crippen molar-refractivity contribution in [2.45, 2.75) is 51.5 Å². The van der Waals surface area contributed by atoms with Crippen LogP contribution in [0.15, 0.2) is 140 Å². The third kappa shape index (κ3) is 7.18. The van der Waals surface area contributed by atoms with Gasteiger partial charge in [-0.05, 0) is 58.4 Å². The summed E-state index contributed by atoms with van der Waals surface area (Å²) in [6, 6.07) is 46.8. The summed E-state index contributed by atoms with van der Waals surface area (Å²) in [6.45, 7) is 4.11. The van der Waals surface area contributed by atoms with Crippen molar-refractivity contribution in [1.82, 2.24) is 20.2 Å². The molecule has 1 heterocycles. The van der Waals surface area contributed by atoms with Crippen LogP contribution in [0.1, 0.15) is 61.8 Å². The molecule has 252 valence electrons. The Kier molecular flexibility index (Phi) is 11.0. The molecule has 0 fully saturated rings. The van der Waals surface area contributed by atoms with Gasteiger partial charge in [0.25, 0.3) is 0 Å². The highest BCUT2D eigenvalue weighted by Gasteiger charge is 2.41. The number of hydrogen-bond donors (Lipinski definition) is 0. The molecule has 0 radical (unpaired) electrons. The van der Waals surface area contributed by atoms with Crippen LogP contribution in [0.5, 0.6) is 0 Å². The molecule has 1 unspecified atom stereocenters. The van der Waals surface area contributed by atoms with Crippen LogP contribution in [-0.4, -0.2) is 38.6 Å². The Balaban J connectivity index is 1.36. The molecule has 0 spiro atoms. The largest absolute Gasteiger partial charge is 0.465 e. The third-order valence-corrected chi connectivity index (χ3v) is 9.15. The first-order valence-corrected chi connectivity index (χ1v) is 17.4. The normalized spacial score (nSPS) is 12.0. The van der Waals surface area contributed by atoms with Crippen LogP contribution in [0, 0.1) is 5.92 Å². The molecule has 7 nitrogen and oxygen atoms in total. The van der Waals surface area contributed by atoms with Crippen LogP contribution in [-0.2, 0) is 26.3 Å². The number of rotatable bonds is 15. The fourth-order valence-electron chi connectivity index (χ4n) is 6.63. The van der Waals surface area contributed by atoms with Crippen LogP contribution < -0.4 is 0 Å². The van der Waals surface area contributed by atoms with Crippen molar-refractivity contribution in [3.8, 4) is 22.5 Å². The molecule has 0 aliphatic rings. The number of tetrazole rings is 1. The van der Waals surface area contributed by atoms with Gasteiger partial charge in [0.2, 0.25) is 5.82 Å². The van der Waals surface area contributed by atoms with Crippen LogP contribution in [0.2, 0.25) is 0 Å². The third-order valence-electron chi connectivity index (χ3n) is 9.15. The van der Waals surface area contributed by atoms with Gasteiger partial charge >= 0.3 is 5.97 Å². The number of aromatic nitrogens is 4. The zero-order valence-electron chi connectivity index (χ0n) is 28.6. The van der Waals surface area contributed by atoms with Gasteiger partial charge in [-0.25, -0.2) is 0 Å². The van der Waals surface area contributed by atoms with E-state index in [2.05, 4.69) is 48.4 Å². The number of benzene rings is 5. The molecule has 6 rings (SSSR count). The van der Waals surface area contributed by atoms with Crippen molar-refractivity contribution in [3.05, 3.63) is 162 Å². The van der Waals surface area contributed by atoms with E-state index >= 15 is 0 Å². The number of ketones is 1. The molecule has 0 amide bonds. The van der Waals surface area contributed by atoms with Gasteiger partial charge in [0.15, 0.2) is 5.54 Å². The molecule has 0 saturated carbocycles.